The molecule has 1 aliphatic rings. The first kappa shape index (κ1) is 11.3. The van der Waals surface area contributed by atoms with Crippen LogP contribution in [-0.2, 0) is 11.5 Å². The van der Waals surface area contributed by atoms with E-state index in [0.29, 0.717) is 0 Å². The minimum atomic E-state index is -4.36. The zero-order valence-corrected chi connectivity index (χ0v) is 8.41. The van der Waals surface area contributed by atoms with Gasteiger partial charge in [0.25, 0.3) is 0 Å². The SMILES string of the molecule is O=c1n(COCC(F)(F)F)ccn1C1CC1. The molecule has 0 bridgehead atoms. The minimum absolute atomic E-state index is 0.219. The van der Waals surface area contributed by atoms with E-state index in [9.17, 15) is 18.0 Å². The van der Waals surface area contributed by atoms with Gasteiger partial charge in [0.2, 0.25) is 0 Å². The van der Waals surface area contributed by atoms with Crippen LogP contribution in [0.4, 0.5) is 13.2 Å². The summed E-state index contributed by atoms with van der Waals surface area (Å²) in [7, 11) is 0. The molecule has 90 valence electrons. The molecule has 7 heteroatoms. The maximum atomic E-state index is 11.8. The van der Waals surface area contributed by atoms with Crippen LogP contribution in [0, 0.1) is 0 Å². The molecule has 1 fully saturated rings. The molecule has 4 nitrogen and oxygen atoms in total. The first-order valence-corrected chi connectivity index (χ1v) is 4.89. The van der Waals surface area contributed by atoms with Crippen molar-refractivity contribution in [2.75, 3.05) is 6.61 Å². The quantitative estimate of drug-likeness (QED) is 0.794. The van der Waals surface area contributed by atoms with Crippen LogP contribution in [0.5, 0.6) is 0 Å². The van der Waals surface area contributed by atoms with Crippen molar-refractivity contribution in [3.63, 3.8) is 0 Å². The molecular weight excluding hydrogens is 225 g/mol. The van der Waals surface area contributed by atoms with Crippen LogP contribution in [0.3, 0.4) is 0 Å². The smallest absolute Gasteiger partial charge is 0.351 e. The van der Waals surface area contributed by atoms with Crippen LogP contribution in [0.15, 0.2) is 17.2 Å². The van der Waals surface area contributed by atoms with E-state index in [1.807, 2.05) is 0 Å². The maximum absolute atomic E-state index is 11.8. The highest BCUT2D eigenvalue weighted by molar-refractivity contribution is 4.90. The molecular formula is C9H11F3N2O2. The molecule has 0 radical (unpaired) electrons. The summed E-state index contributed by atoms with van der Waals surface area (Å²) >= 11 is 0. The van der Waals surface area contributed by atoms with Crippen molar-refractivity contribution in [2.24, 2.45) is 0 Å². The Balaban J connectivity index is 1.92. The Labute approximate surface area is 89.2 Å². The summed E-state index contributed by atoms with van der Waals surface area (Å²) in [6.07, 6.45) is 0.567. The van der Waals surface area contributed by atoms with Crippen molar-refractivity contribution in [1.29, 1.82) is 0 Å². The average Bonchev–Trinajstić information content (AvgIpc) is 2.93. The molecule has 0 unspecified atom stereocenters. The molecule has 2 rings (SSSR count). The highest BCUT2D eigenvalue weighted by Crippen LogP contribution is 2.33. The lowest BCUT2D eigenvalue weighted by atomic mass is 10.7. The van der Waals surface area contributed by atoms with E-state index in [1.165, 1.54) is 10.8 Å². The Bertz CT molecular complexity index is 417. The summed E-state index contributed by atoms with van der Waals surface area (Å²) in [5.74, 6) is 0. The molecule has 0 aromatic carbocycles. The van der Waals surface area contributed by atoms with Gasteiger partial charge in [0, 0.05) is 18.4 Å². The Morgan fingerprint density at radius 2 is 2.06 bits per heavy atom. The third-order valence-corrected chi connectivity index (χ3v) is 2.31. The number of rotatable bonds is 4. The van der Waals surface area contributed by atoms with Crippen LogP contribution in [0.25, 0.3) is 0 Å². The van der Waals surface area contributed by atoms with Crippen molar-refractivity contribution < 1.29 is 17.9 Å². The molecule has 1 heterocycles. The lowest BCUT2D eigenvalue weighted by molar-refractivity contribution is -0.182. The fourth-order valence-electron chi connectivity index (χ4n) is 1.42. The summed E-state index contributed by atoms with van der Waals surface area (Å²) < 4.78 is 42.4. The second-order valence-corrected chi connectivity index (χ2v) is 3.78. The van der Waals surface area contributed by atoms with Gasteiger partial charge in [-0.3, -0.25) is 9.13 Å². The van der Waals surface area contributed by atoms with E-state index >= 15 is 0 Å². The van der Waals surface area contributed by atoms with Gasteiger partial charge in [-0.25, -0.2) is 4.79 Å². The van der Waals surface area contributed by atoms with Crippen molar-refractivity contribution in [1.82, 2.24) is 9.13 Å². The first-order chi connectivity index (χ1) is 7.47. The van der Waals surface area contributed by atoms with Gasteiger partial charge < -0.3 is 4.74 Å². The van der Waals surface area contributed by atoms with Crippen molar-refractivity contribution in [3.8, 4) is 0 Å². The molecule has 0 spiro atoms. The lowest BCUT2D eigenvalue weighted by Gasteiger charge is -2.07. The summed E-state index contributed by atoms with van der Waals surface area (Å²) in [5, 5.41) is 0. The van der Waals surface area contributed by atoms with Gasteiger partial charge in [0.05, 0.1) is 0 Å². The van der Waals surface area contributed by atoms with Crippen molar-refractivity contribution >= 4 is 0 Å². The molecule has 16 heavy (non-hydrogen) atoms. The highest BCUT2D eigenvalue weighted by Gasteiger charge is 2.28. The van der Waals surface area contributed by atoms with Crippen LogP contribution >= 0.6 is 0 Å². The van der Waals surface area contributed by atoms with E-state index in [-0.39, 0.29) is 18.5 Å². The Hall–Kier alpha value is -1.24. The van der Waals surface area contributed by atoms with E-state index in [0.717, 1.165) is 17.4 Å². The Morgan fingerprint density at radius 1 is 1.38 bits per heavy atom. The fourth-order valence-corrected chi connectivity index (χ4v) is 1.42. The summed E-state index contributed by atoms with van der Waals surface area (Å²) in [6, 6.07) is 0.219. The van der Waals surface area contributed by atoms with E-state index < -0.39 is 12.8 Å². The van der Waals surface area contributed by atoms with Gasteiger partial charge in [-0.15, -0.1) is 0 Å². The lowest BCUT2D eigenvalue weighted by Crippen LogP contribution is -2.26. The zero-order chi connectivity index (χ0) is 11.8. The molecule has 0 atom stereocenters. The second-order valence-electron chi connectivity index (χ2n) is 3.78. The van der Waals surface area contributed by atoms with Crippen LogP contribution in [0.1, 0.15) is 18.9 Å². The second kappa shape index (κ2) is 3.97. The van der Waals surface area contributed by atoms with Crippen LogP contribution < -0.4 is 5.69 Å². The van der Waals surface area contributed by atoms with Gasteiger partial charge >= 0.3 is 11.9 Å². The molecule has 0 N–H and O–H groups in total. The number of halogens is 3. The highest BCUT2D eigenvalue weighted by atomic mass is 19.4. The van der Waals surface area contributed by atoms with E-state index in [1.54, 1.807) is 6.20 Å². The summed E-state index contributed by atoms with van der Waals surface area (Å²) in [4.78, 5) is 11.6. The first-order valence-electron chi connectivity index (χ1n) is 4.89. The number of imidazole rings is 1. The third-order valence-electron chi connectivity index (χ3n) is 2.31. The van der Waals surface area contributed by atoms with Crippen molar-refractivity contribution in [2.45, 2.75) is 31.8 Å². The molecule has 1 aromatic heterocycles. The molecule has 0 aliphatic heterocycles. The number of aromatic nitrogens is 2. The Morgan fingerprint density at radius 3 is 2.62 bits per heavy atom. The molecule has 1 saturated carbocycles. The predicted molar refractivity (Wildman–Crippen MR) is 49.0 cm³/mol. The minimum Gasteiger partial charge on any atom is -0.351 e. The number of ether oxygens (including phenoxy) is 1. The largest absolute Gasteiger partial charge is 0.411 e. The van der Waals surface area contributed by atoms with Gasteiger partial charge in [-0.1, -0.05) is 0 Å². The normalized spacial score (nSPS) is 16.7. The van der Waals surface area contributed by atoms with Gasteiger partial charge in [-0.05, 0) is 12.8 Å². The number of alkyl halides is 3. The molecule has 0 amide bonds. The van der Waals surface area contributed by atoms with Crippen molar-refractivity contribution in [3.05, 3.63) is 22.9 Å². The monoisotopic (exact) mass is 236 g/mol. The predicted octanol–water partition coefficient (Wildman–Crippen LogP) is 1.52. The third kappa shape index (κ3) is 2.66. The summed E-state index contributed by atoms with van der Waals surface area (Å²) in [6.45, 7) is -1.70. The molecule has 1 aromatic rings. The number of hydrogen-bond acceptors (Lipinski definition) is 2. The topological polar surface area (TPSA) is 36.2 Å². The average molecular weight is 236 g/mol. The van der Waals surface area contributed by atoms with Gasteiger partial charge in [0.1, 0.15) is 13.3 Å². The van der Waals surface area contributed by atoms with Gasteiger partial charge in [-0.2, -0.15) is 13.2 Å². The molecule has 0 saturated heterocycles. The molecule has 1 aliphatic carbocycles. The standard InChI is InChI=1S/C9H11F3N2O2/c10-9(11,12)5-16-6-13-3-4-14(8(13)15)7-1-2-7/h3-4,7H,1-2,5-6H2. The maximum Gasteiger partial charge on any atom is 0.411 e. The summed E-state index contributed by atoms with van der Waals surface area (Å²) in [5.41, 5.74) is -0.315. The van der Waals surface area contributed by atoms with Crippen LogP contribution in [-0.4, -0.2) is 21.9 Å². The van der Waals surface area contributed by atoms with E-state index in [4.69, 9.17) is 0 Å². The van der Waals surface area contributed by atoms with Gasteiger partial charge in [0.15, 0.2) is 0 Å². The zero-order valence-electron chi connectivity index (χ0n) is 8.41. The Kier molecular flexibility index (Phi) is 2.79. The van der Waals surface area contributed by atoms with E-state index in [2.05, 4.69) is 4.74 Å². The number of hydrogen-bond donors (Lipinski definition) is 0. The number of nitrogens with zero attached hydrogens (tertiary/aromatic N) is 2. The van der Waals surface area contributed by atoms with Crippen LogP contribution in [0.2, 0.25) is 0 Å². The fraction of sp³-hybridized carbons (Fsp3) is 0.667.